The molecule has 0 aromatic heterocycles. The predicted octanol–water partition coefficient (Wildman–Crippen LogP) is 4.54. The average molecular weight is 285 g/mol. The van der Waals surface area contributed by atoms with Gasteiger partial charge >= 0.3 is 0 Å². The van der Waals surface area contributed by atoms with Gasteiger partial charge in [0.15, 0.2) is 0 Å². The third-order valence-corrected chi connectivity index (χ3v) is 3.44. The highest BCUT2D eigenvalue weighted by Crippen LogP contribution is 2.30. The SMILES string of the molecule is Cc1cccc(C(N)=S)c1Oc1cccc(C(C)C)c1. The third-order valence-electron chi connectivity index (χ3n) is 3.22. The summed E-state index contributed by atoms with van der Waals surface area (Å²) in [4.78, 5) is 0.351. The van der Waals surface area contributed by atoms with E-state index >= 15 is 0 Å². The number of thiocarbonyl (C=S) groups is 1. The van der Waals surface area contributed by atoms with Gasteiger partial charge in [-0.3, -0.25) is 0 Å². The van der Waals surface area contributed by atoms with Gasteiger partial charge in [-0.25, -0.2) is 0 Å². The van der Waals surface area contributed by atoms with Crippen molar-refractivity contribution in [2.45, 2.75) is 26.7 Å². The molecule has 0 aliphatic carbocycles. The number of rotatable bonds is 4. The lowest BCUT2D eigenvalue weighted by atomic mass is 10.0. The molecule has 2 aromatic carbocycles. The summed E-state index contributed by atoms with van der Waals surface area (Å²) in [6.07, 6.45) is 0. The summed E-state index contributed by atoms with van der Waals surface area (Å²) in [5.41, 5.74) is 8.80. The highest BCUT2D eigenvalue weighted by molar-refractivity contribution is 7.80. The van der Waals surface area contributed by atoms with E-state index in [4.69, 9.17) is 22.7 Å². The Balaban J connectivity index is 2.40. The summed E-state index contributed by atoms with van der Waals surface area (Å²) in [6, 6.07) is 13.9. The van der Waals surface area contributed by atoms with Crippen molar-refractivity contribution in [3.8, 4) is 11.5 Å². The van der Waals surface area contributed by atoms with Crippen molar-refractivity contribution >= 4 is 17.2 Å². The van der Waals surface area contributed by atoms with Crippen LogP contribution in [-0.2, 0) is 0 Å². The molecular weight excluding hydrogens is 266 g/mol. The zero-order chi connectivity index (χ0) is 14.7. The first-order chi connectivity index (χ1) is 9.49. The zero-order valence-corrected chi connectivity index (χ0v) is 12.8. The zero-order valence-electron chi connectivity index (χ0n) is 12.0. The van der Waals surface area contributed by atoms with Gasteiger partial charge in [-0.1, -0.05) is 50.3 Å². The first-order valence-corrected chi connectivity index (χ1v) is 7.07. The van der Waals surface area contributed by atoms with Crippen LogP contribution in [0.5, 0.6) is 11.5 Å². The normalized spacial score (nSPS) is 10.6. The summed E-state index contributed by atoms with van der Waals surface area (Å²) in [6.45, 7) is 6.31. The molecule has 2 aromatic rings. The number of benzene rings is 2. The average Bonchev–Trinajstić information content (AvgIpc) is 2.41. The summed E-state index contributed by atoms with van der Waals surface area (Å²) in [5.74, 6) is 2.01. The van der Waals surface area contributed by atoms with Crippen LogP contribution < -0.4 is 10.5 Å². The van der Waals surface area contributed by atoms with E-state index in [2.05, 4.69) is 26.0 Å². The molecule has 0 unspecified atom stereocenters. The number of para-hydroxylation sites is 1. The third kappa shape index (κ3) is 3.17. The predicted molar refractivity (Wildman–Crippen MR) is 87.7 cm³/mol. The van der Waals surface area contributed by atoms with Crippen molar-refractivity contribution in [2.24, 2.45) is 5.73 Å². The Bertz CT molecular complexity index is 635. The van der Waals surface area contributed by atoms with E-state index in [0.29, 0.717) is 10.9 Å². The number of nitrogens with two attached hydrogens (primary N) is 1. The molecule has 2 rings (SSSR count). The minimum atomic E-state index is 0.351. The maximum absolute atomic E-state index is 6.02. The molecule has 0 amide bonds. The molecule has 104 valence electrons. The summed E-state index contributed by atoms with van der Waals surface area (Å²) >= 11 is 5.09. The van der Waals surface area contributed by atoms with Gasteiger partial charge in [-0.15, -0.1) is 0 Å². The van der Waals surface area contributed by atoms with Gasteiger partial charge in [0.05, 0.1) is 5.56 Å². The van der Waals surface area contributed by atoms with Crippen molar-refractivity contribution in [1.29, 1.82) is 0 Å². The van der Waals surface area contributed by atoms with Crippen LogP contribution in [0.1, 0.15) is 36.5 Å². The Morgan fingerprint density at radius 1 is 1.15 bits per heavy atom. The maximum Gasteiger partial charge on any atom is 0.140 e. The molecule has 0 aliphatic heterocycles. The summed E-state index contributed by atoms with van der Waals surface area (Å²) in [7, 11) is 0. The van der Waals surface area contributed by atoms with Crippen LogP contribution in [0.2, 0.25) is 0 Å². The van der Waals surface area contributed by atoms with Gasteiger partial charge < -0.3 is 10.5 Å². The number of hydrogen-bond acceptors (Lipinski definition) is 2. The Kier molecular flexibility index (Phi) is 4.40. The highest BCUT2D eigenvalue weighted by Gasteiger charge is 2.11. The molecule has 0 bridgehead atoms. The van der Waals surface area contributed by atoms with Gasteiger partial charge in [0, 0.05) is 0 Å². The fraction of sp³-hybridized carbons (Fsp3) is 0.235. The van der Waals surface area contributed by atoms with E-state index < -0.39 is 0 Å². The molecule has 0 heterocycles. The Labute approximate surface area is 125 Å². The minimum absolute atomic E-state index is 0.351. The van der Waals surface area contributed by atoms with Crippen molar-refractivity contribution in [3.63, 3.8) is 0 Å². The Morgan fingerprint density at radius 2 is 1.85 bits per heavy atom. The molecule has 0 aliphatic rings. The van der Waals surface area contributed by atoms with Crippen LogP contribution in [0.25, 0.3) is 0 Å². The van der Waals surface area contributed by atoms with E-state index in [0.717, 1.165) is 22.6 Å². The smallest absolute Gasteiger partial charge is 0.140 e. The molecule has 0 saturated heterocycles. The van der Waals surface area contributed by atoms with Crippen molar-refractivity contribution in [3.05, 3.63) is 59.2 Å². The first-order valence-electron chi connectivity index (χ1n) is 6.66. The second-order valence-corrected chi connectivity index (χ2v) is 5.58. The lowest BCUT2D eigenvalue weighted by Gasteiger charge is -2.14. The van der Waals surface area contributed by atoms with E-state index in [1.807, 2.05) is 37.3 Å². The summed E-state index contributed by atoms with van der Waals surface area (Å²) < 4.78 is 6.02. The van der Waals surface area contributed by atoms with E-state index in [9.17, 15) is 0 Å². The Morgan fingerprint density at radius 3 is 2.50 bits per heavy atom. The summed E-state index contributed by atoms with van der Waals surface area (Å²) in [5, 5.41) is 0. The molecule has 0 radical (unpaired) electrons. The van der Waals surface area contributed by atoms with E-state index in [1.165, 1.54) is 5.56 Å². The molecule has 2 N–H and O–H groups in total. The Hall–Kier alpha value is -1.87. The molecule has 0 saturated carbocycles. The van der Waals surface area contributed by atoms with E-state index in [1.54, 1.807) is 0 Å². The number of ether oxygens (including phenoxy) is 1. The molecule has 2 nitrogen and oxygen atoms in total. The van der Waals surface area contributed by atoms with Crippen molar-refractivity contribution in [1.82, 2.24) is 0 Å². The standard InChI is InChI=1S/C17H19NOS/c1-11(2)13-7-5-8-14(10-13)19-16-12(3)6-4-9-15(16)17(18)20/h4-11H,1-3H3,(H2,18,20). The van der Waals surface area contributed by atoms with Crippen LogP contribution in [0.15, 0.2) is 42.5 Å². The highest BCUT2D eigenvalue weighted by atomic mass is 32.1. The van der Waals surface area contributed by atoms with Gasteiger partial charge in [-0.05, 0) is 42.2 Å². The largest absolute Gasteiger partial charge is 0.456 e. The van der Waals surface area contributed by atoms with Crippen LogP contribution >= 0.6 is 12.2 Å². The van der Waals surface area contributed by atoms with Gasteiger partial charge in [-0.2, -0.15) is 0 Å². The molecule has 0 fully saturated rings. The van der Waals surface area contributed by atoms with Gasteiger partial charge in [0.1, 0.15) is 16.5 Å². The molecule has 20 heavy (non-hydrogen) atoms. The van der Waals surface area contributed by atoms with Gasteiger partial charge in [0.25, 0.3) is 0 Å². The van der Waals surface area contributed by atoms with Gasteiger partial charge in [0.2, 0.25) is 0 Å². The van der Waals surface area contributed by atoms with Crippen LogP contribution in [0, 0.1) is 6.92 Å². The number of aryl methyl sites for hydroxylation is 1. The monoisotopic (exact) mass is 285 g/mol. The fourth-order valence-electron chi connectivity index (χ4n) is 2.04. The van der Waals surface area contributed by atoms with Crippen LogP contribution in [-0.4, -0.2) is 4.99 Å². The lowest BCUT2D eigenvalue weighted by molar-refractivity contribution is 0.477. The minimum Gasteiger partial charge on any atom is -0.456 e. The topological polar surface area (TPSA) is 35.2 Å². The number of hydrogen-bond donors (Lipinski definition) is 1. The second kappa shape index (κ2) is 6.06. The lowest BCUT2D eigenvalue weighted by Crippen LogP contribution is -2.11. The van der Waals surface area contributed by atoms with Crippen molar-refractivity contribution < 1.29 is 4.74 Å². The molecule has 0 spiro atoms. The van der Waals surface area contributed by atoms with Crippen LogP contribution in [0.3, 0.4) is 0 Å². The van der Waals surface area contributed by atoms with Crippen LogP contribution in [0.4, 0.5) is 0 Å². The first kappa shape index (κ1) is 14.5. The maximum atomic E-state index is 6.02. The van der Waals surface area contributed by atoms with Crippen molar-refractivity contribution in [2.75, 3.05) is 0 Å². The second-order valence-electron chi connectivity index (χ2n) is 5.15. The molecular formula is C17H19NOS. The molecule has 3 heteroatoms. The fourth-order valence-corrected chi connectivity index (χ4v) is 2.20. The van der Waals surface area contributed by atoms with E-state index in [-0.39, 0.29) is 0 Å². The quantitative estimate of drug-likeness (QED) is 0.837. The molecule has 0 atom stereocenters.